The summed E-state index contributed by atoms with van der Waals surface area (Å²) in [4.78, 5) is 21.9. The molecule has 2 rings (SSSR count). The summed E-state index contributed by atoms with van der Waals surface area (Å²) < 4.78 is 4.50. The maximum absolute atomic E-state index is 11.1. The summed E-state index contributed by atoms with van der Waals surface area (Å²) >= 11 is 1.79. The lowest BCUT2D eigenvalue weighted by atomic mass is 10.0. The molecule has 2 aliphatic heterocycles. The van der Waals surface area contributed by atoms with Gasteiger partial charge < -0.3 is 4.74 Å². The van der Waals surface area contributed by atoms with E-state index in [1.54, 1.807) is 11.8 Å². The third-order valence-electron chi connectivity index (χ3n) is 2.32. The molecule has 2 unspecified atom stereocenters. The zero-order valence-corrected chi connectivity index (χ0v) is 7.43. The zero-order valence-electron chi connectivity index (χ0n) is 6.62. The van der Waals surface area contributed by atoms with Crippen molar-refractivity contribution in [2.75, 3.05) is 5.75 Å². The number of hydrogen-bond acceptors (Lipinski definition) is 4. The molecule has 0 aromatic carbocycles. The van der Waals surface area contributed by atoms with Crippen LogP contribution in [0.15, 0.2) is 0 Å². The fourth-order valence-corrected chi connectivity index (χ4v) is 3.10. The van der Waals surface area contributed by atoms with Crippen LogP contribution < -0.4 is 0 Å². The molecule has 0 aliphatic carbocycles. The molecule has 0 bridgehead atoms. The van der Waals surface area contributed by atoms with Crippen molar-refractivity contribution in [3.8, 4) is 0 Å². The van der Waals surface area contributed by atoms with Crippen LogP contribution in [0.2, 0.25) is 0 Å². The van der Waals surface area contributed by atoms with E-state index in [0.717, 1.165) is 18.6 Å². The van der Waals surface area contributed by atoms with Gasteiger partial charge in [0.2, 0.25) is 0 Å². The van der Waals surface area contributed by atoms with Crippen LogP contribution in [0.25, 0.3) is 0 Å². The van der Waals surface area contributed by atoms with E-state index in [1.165, 1.54) is 0 Å². The number of carbonyl (C=O) groups is 2. The molecule has 2 atom stereocenters. The first-order chi connectivity index (χ1) is 5.77. The molecule has 2 fully saturated rings. The third kappa shape index (κ3) is 1.35. The normalized spacial score (nSPS) is 35.7. The predicted molar refractivity (Wildman–Crippen MR) is 44.7 cm³/mol. The molecule has 0 aromatic heterocycles. The molecule has 0 N–H and O–H groups in total. The number of cyclic esters (lactones) is 2. The Bertz CT molecular complexity index is 220. The minimum atomic E-state index is -0.350. The van der Waals surface area contributed by atoms with E-state index in [0.29, 0.717) is 11.7 Å². The van der Waals surface area contributed by atoms with Gasteiger partial charge in [0.1, 0.15) is 0 Å². The van der Waals surface area contributed by atoms with Crippen molar-refractivity contribution in [3.05, 3.63) is 0 Å². The Hall–Kier alpha value is -0.510. The summed E-state index contributed by atoms with van der Waals surface area (Å²) in [5.74, 6) is 0.310. The highest BCUT2D eigenvalue weighted by atomic mass is 32.2. The van der Waals surface area contributed by atoms with Crippen LogP contribution in [-0.4, -0.2) is 22.9 Å². The summed E-state index contributed by atoms with van der Waals surface area (Å²) in [6.45, 7) is 0. The topological polar surface area (TPSA) is 43.4 Å². The molecular weight excluding hydrogens is 176 g/mol. The number of hydrogen-bond donors (Lipinski definition) is 0. The molecule has 12 heavy (non-hydrogen) atoms. The number of thioether (sulfide) groups is 1. The van der Waals surface area contributed by atoms with Crippen molar-refractivity contribution >= 4 is 23.7 Å². The van der Waals surface area contributed by atoms with Crippen LogP contribution in [0.3, 0.4) is 0 Å². The van der Waals surface area contributed by atoms with Gasteiger partial charge in [-0.1, -0.05) is 0 Å². The number of rotatable bonds is 1. The second-order valence-corrected chi connectivity index (χ2v) is 4.50. The molecule has 0 amide bonds. The van der Waals surface area contributed by atoms with E-state index in [2.05, 4.69) is 4.74 Å². The highest BCUT2D eigenvalue weighted by Gasteiger charge is 2.40. The van der Waals surface area contributed by atoms with Gasteiger partial charge in [-0.2, -0.15) is 11.8 Å². The van der Waals surface area contributed by atoms with Gasteiger partial charge in [0.25, 0.3) is 0 Å². The Morgan fingerprint density at radius 2 is 2.25 bits per heavy atom. The van der Waals surface area contributed by atoms with Gasteiger partial charge in [-0.15, -0.1) is 0 Å². The van der Waals surface area contributed by atoms with E-state index in [1.807, 2.05) is 0 Å². The summed E-state index contributed by atoms with van der Waals surface area (Å²) in [6.07, 6.45) is 2.52. The van der Waals surface area contributed by atoms with Crippen LogP contribution in [-0.2, 0) is 14.3 Å². The molecule has 66 valence electrons. The second kappa shape index (κ2) is 3.09. The second-order valence-electron chi connectivity index (χ2n) is 3.16. The zero-order chi connectivity index (χ0) is 8.55. The van der Waals surface area contributed by atoms with Crippen molar-refractivity contribution in [2.24, 2.45) is 5.92 Å². The molecule has 2 saturated heterocycles. The van der Waals surface area contributed by atoms with Gasteiger partial charge in [-0.05, 0) is 18.6 Å². The monoisotopic (exact) mass is 186 g/mol. The van der Waals surface area contributed by atoms with E-state index < -0.39 is 0 Å². The van der Waals surface area contributed by atoms with Crippen molar-refractivity contribution in [1.82, 2.24) is 0 Å². The smallest absolute Gasteiger partial charge is 0.318 e. The van der Waals surface area contributed by atoms with Gasteiger partial charge in [-0.3, -0.25) is 9.59 Å². The van der Waals surface area contributed by atoms with Crippen LogP contribution in [0.1, 0.15) is 19.3 Å². The fourth-order valence-electron chi connectivity index (χ4n) is 1.70. The van der Waals surface area contributed by atoms with Gasteiger partial charge in [0.15, 0.2) is 0 Å². The van der Waals surface area contributed by atoms with E-state index >= 15 is 0 Å². The molecular formula is C8H10O3S. The summed E-state index contributed by atoms with van der Waals surface area (Å²) in [6, 6.07) is 0. The highest BCUT2D eigenvalue weighted by Crippen LogP contribution is 2.36. The molecule has 3 nitrogen and oxygen atoms in total. The summed E-state index contributed by atoms with van der Waals surface area (Å²) in [5.41, 5.74) is 0. The Morgan fingerprint density at radius 1 is 1.42 bits per heavy atom. The Morgan fingerprint density at radius 3 is 2.75 bits per heavy atom. The summed E-state index contributed by atoms with van der Waals surface area (Å²) in [7, 11) is 0. The van der Waals surface area contributed by atoms with Gasteiger partial charge in [0.05, 0.1) is 12.3 Å². The maximum atomic E-state index is 11.1. The molecule has 2 heterocycles. The van der Waals surface area contributed by atoms with Gasteiger partial charge >= 0.3 is 11.9 Å². The number of ether oxygens (including phenoxy) is 1. The predicted octanol–water partition coefficient (Wildman–Crippen LogP) is 0.972. The summed E-state index contributed by atoms with van der Waals surface area (Å²) in [5, 5.41) is 0.337. The van der Waals surface area contributed by atoms with Crippen LogP contribution in [0, 0.1) is 5.92 Å². The molecule has 0 spiro atoms. The van der Waals surface area contributed by atoms with Crippen LogP contribution in [0.4, 0.5) is 0 Å². The van der Waals surface area contributed by atoms with E-state index in [9.17, 15) is 9.59 Å². The van der Waals surface area contributed by atoms with Crippen molar-refractivity contribution in [3.63, 3.8) is 0 Å². The lowest BCUT2D eigenvalue weighted by Crippen LogP contribution is -2.19. The number of carbonyl (C=O) groups excluding carboxylic acids is 2. The largest absolute Gasteiger partial charge is 0.393 e. The Labute approximate surface area is 74.8 Å². The molecule has 4 heteroatoms. The lowest BCUT2D eigenvalue weighted by molar-refractivity contribution is -0.153. The first-order valence-electron chi connectivity index (χ1n) is 4.13. The number of esters is 2. The average Bonchev–Trinajstić information content (AvgIpc) is 2.58. The van der Waals surface area contributed by atoms with Crippen molar-refractivity contribution in [1.29, 1.82) is 0 Å². The minimum Gasteiger partial charge on any atom is -0.393 e. The standard InChI is InChI=1S/C8H10O3S/c9-7-4-5(8(10)11-7)6-2-1-3-12-6/h5-6H,1-4H2. The molecule has 2 aliphatic rings. The maximum Gasteiger partial charge on any atom is 0.318 e. The average molecular weight is 186 g/mol. The highest BCUT2D eigenvalue weighted by molar-refractivity contribution is 8.00. The van der Waals surface area contributed by atoms with E-state index in [-0.39, 0.29) is 17.9 Å². The minimum absolute atomic E-state index is 0.148. The molecule has 0 radical (unpaired) electrons. The third-order valence-corrected chi connectivity index (χ3v) is 3.83. The van der Waals surface area contributed by atoms with Crippen LogP contribution >= 0.6 is 11.8 Å². The Balaban J connectivity index is 2.03. The molecule has 0 saturated carbocycles. The molecule has 0 aromatic rings. The fraction of sp³-hybridized carbons (Fsp3) is 0.750. The Kier molecular flexibility index (Phi) is 2.09. The van der Waals surface area contributed by atoms with E-state index in [4.69, 9.17) is 0 Å². The van der Waals surface area contributed by atoms with Gasteiger partial charge in [0, 0.05) is 5.25 Å². The lowest BCUT2D eigenvalue weighted by Gasteiger charge is -2.10. The first-order valence-corrected chi connectivity index (χ1v) is 5.18. The van der Waals surface area contributed by atoms with Crippen LogP contribution in [0.5, 0.6) is 0 Å². The van der Waals surface area contributed by atoms with Gasteiger partial charge in [-0.25, -0.2) is 0 Å². The first kappa shape index (κ1) is 8.10. The van der Waals surface area contributed by atoms with Crippen molar-refractivity contribution < 1.29 is 14.3 Å². The van der Waals surface area contributed by atoms with Crippen molar-refractivity contribution in [2.45, 2.75) is 24.5 Å². The SMILES string of the molecule is O=C1CC(C2CCCS2)C(=O)O1. The quantitative estimate of drug-likeness (QED) is 0.452.